The molecule has 0 fully saturated rings. The van der Waals surface area contributed by atoms with Crippen LogP contribution in [0, 0.1) is 11.6 Å². The van der Waals surface area contributed by atoms with Crippen LogP contribution in [0.2, 0.25) is 5.02 Å². The zero-order valence-corrected chi connectivity index (χ0v) is 10.2. The van der Waals surface area contributed by atoms with E-state index in [4.69, 9.17) is 21.8 Å². The fourth-order valence-corrected chi connectivity index (χ4v) is 1.99. The van der Waals surface area contributed by atoms with Crippen LogP contribution in [0.1, 0.15) is 0 Å². The average molecular weight is 281 g/mol. The van der Waals surface area contributed by atoms with Gasteiger partial charge in [-0.15, -0.1) is 0 Å². The van der Waals surface area contributed by atoms with Crippen molar-refractivity contribution in [3.8, 4) is 11.5 Å². The average Bonchev–Trinajstić information content (AvgIpc) is 2.79. The standard InChI is InChI=1S/C13H7ClF2N2O/c14-7-2-1-3-11-12(7)19-13(18-11)6-4-8(15)9(16)5-10(6)17/h1-5H,17H2. The van der Waals surface area contributed by atoms with Crippen molar-refractivity contribution >= 4 is 28.4 Å². The molecule has 1 heterocycles. The van der Waals surface area contributed by atoms with Gasteiger partial charge in [0.15, 0.2) is 17.2 Å². The predicted octanol–water partition coefficient (Wildman–Crippen LogP) is 4.01. The van der Waals surface area contributed by atoms with Crippen LogP contribution < -0.4 is 5.73 Å². The highest BCUT2D eigenvalue weighted by atomic mass is 35.5. The van der Waals surface area contributed by atoms with Gasteiger partial charge in [0, 0.05) is 11.8 Å². The maximum Gasteiger partial charge on any atom is 0.229 e. The summed E-state index contributed by atoms with van der Waals surface area (Å²) < 4.78 is 31.7. The number of nitrogen functional groups attached to an aromatic ring is 1. The van der Waals surface area contributed by atoms with Crippen molar-refractivity contribution in [1.29, 1.82) is 0 Å². The summed E-state index contributed by atoms with van der Waals surface area (Å²) in [4.78, 5) is 4.16. The minimum absolute atomic E-state index is 0.0431. The fraction of sp³-hybridized carbons (Fsp3) is 0. The lowest BCUT2D eigenvalue weighted by molar-refractivity contribution is 0.508. The molecular formula is C13H7ClF2N2O. The van der Waals surface area contributed by atoms with E-state index in [1.807, 2.05) is 0 Å². The minimum atomic E-state index is -1.02. The van der Waals surface area contributed by atoms with Gasteiger partial charge in [-0.3, -0.25) is 0 Å². The first-order valence-electron chi connectivity index (χ1n) is 5.36. The van der Waals surface area contributed by atoms with E-state index in [9.17, 15) is 8.78 Å². The molecule has 19 heavy (non-hydrogen) atoms. The largest absolute Gasteiger partial charge is 0.434 e. The van der Waals surface area contributed by atoms with Crippen molar-refractivity contribution in [1.82, 2.24) is 4.98 Å². The Hall–Kier alpha value is -2.14. The number of anilines is 1. The molecule has 0 saturated carbocycles. The molecule has 96 valence electrons. The minimum Gasteiger partial charge on any atom is -0.434 e. The highest BCUT2D eigenvalue weighted by Gasteiger charge is 2.15. The van der Waals surface area contributed by atoms with Crippen molar-refractivity contribution in [3.63, 3.8) is 0 Å². The van der Waals surface area contributed by atoms with Crippen LogP contribution in [0.4, 0.5) is 14.5 Å². The molecule has 0 bridgehead atoms. The normalized spacial score (nSPS) is 11.1. The van der Waals surface area contributed by atoms with Gasteiger partial charge in [-0.05, 0) is 18.2 Å². The predicted molar refractivity (Wildman–Crippen MR) is 68.8 cm³/mol. The SMILES string of the molecule is Nc1cc(F)c(F)cc1-c1nc2cccc(Cl)c2o1. The smallest absolute Gasteiger partial charge is 0.229 e. The van der Waals surface area contributed by atoms with E-state index >= 15 is 0 Å². The van der Waals surface area contributed by atoms with Gasteiger partial charge in [-0.2, -0.15) is 0 Å². The van der Waals surface area contributed by atoms with Gasteiger partial charge in [0.05, 0.1) is 10.6 Å². The molecule has 2 aromatic carbocycles. The molecule has 0 radical (unpaired) electrons. The Kier molecular flexibility index (Phi) is 2.64. The van der Waals surface area contributed by atoms with Crippen LogP contribution in [-0.2, 0) is 0 Å². The van der Waals surface area contributed by atoms with E-state index in [0.29, 0.717) is 16.1 Å². The number of oxazole rings is 1. The zero-order valence-electron chi connectivity index (χ0n) is 9.45. The highest BCUT2D eigenvalue weighted by Crippen LogP contribution is 2.32. The Balaban J connectivity index is 2.25. The van der Waals surface area contributed by atoms with Gasteiger partial charge < -0.3 is 10.2 Å². The van der Waals surface area contributed by atoms with Gasteiger partial charge in [-0.1, -0.05) is 17.7 Å². The Labute approximate surface area is 111 Å². The summed E-state index contributed by atoms with van der Waals surface area (Å²) in [7, 11) is 0. The molecule has 0 atom stereocenters. The van der Waals surface area contributed by atoms with E-state index in [1.165, 1.54) is 0 Å². The van der Waals surface area contributed by atoms with Crippen molar-refractivity contribution in [2.45, 2.75) is 0 Å². The molecule has 0 unspecified atom stereocenters. The van der Waals surface area contributed by atoms with Crippen molar-refractivity contribution < 1.29 is 13.2 Å². The summed E-state index contributed by atoms with van der Waals surface area (Å²) in [6.07, 6.45) is 0. The monoisotopic (exact) mass is 280 g/mol. The number of halogens is 3. The number of rotatable bonds is 1. The molecule has 3 nitrogen and oxygen atoms in total. The number of nitrogens with zero attached hydrogens (tertiary/aromatic N) is 1. The third-order valence-corrected chi connectivity index (χ3v) is 2.99. The molecule has 3 aromatic rings. The van der Waals surface area contributed by atoms with Gasteiger partial charge >= 0.3 is 0 Å². The summed E-state index contributed by atoms with van der Waals surface area (Å²) in [6, 6.07) is 6.90. The first-order chi connectivity index (χ1) is 9.06. The van der Waals surface area contributed by atoms with E-state index < -0.39 is 11.6 Å². The second kappa shape index (κ2) is 4.20. The van der Waals surface area contributed by atoms with Gasteiger partial charge in [-0.25, -0.2) is 13.8 Å². The summed E-state index contributed by atoms with van der Waals surface area (Å²) in [5, 5.41) is 0.386. The summed E-state index contributed by atoms with van der Waals surface area (Å²) in [5.74, 6) is -1.94. The Morgan fingerprint density at radius 1 is 1.16 bits per heavy atom. The molecule has 0 amide bonds. The number of benzene rings is 2. The van der Waals surface area contributed by atoms with Crippen LogP contribution in [0.5, 0.6) is 0 Å². The van der Waals surface area contributed by atoms with Crippen LogP contribution in [-0.4, -0.2) is 4.98 Å². The van der Waals surface area contributed by atoms with E-state index in [1.54, 1.807) is 18.2 Å². The summed E-state index contributed by atoms with van der Waals surface area (Å²) in [5.41, 5.74) is 6.77. The lowest BCUT2D eigenvalue weighted by Crippen LogP contribution is -1.94. The zero-order chi connectivity index (χ0) is 13.6. The molecule has 1 aromatic heterocycles. The topological polar surface area (TPSA) is 52.0 Å². The number of nitrogens with two attached hydrogens (primary N) is 1. The molecule has 0 aliphatic rings. The van der Waals surface area contributed by atoms with Gasteiger partial charge in [0.1, 0.15) is 5.52 Å². The molecule has 2 N–H and O–H groups in total. The number of aromatic nitrogens is 1. The second-order valence-corrected chi connectivity index (χ2v) is 4.37. The quantitative estimate of drug-likeness (QED) is 0.685. The van der Waals surface area contributed by atoms with Crippen LogP contribution >= 0.6 is 11.6 Å². The van der Waals surface area contributed by atoms with Crippen LogP contribution in [0.15, 0.2) is 34.7 Å². The maximum absolute atomic E-state index is 13.3. The molecule has 6 heteroatoms. The Morgan fingerprint density at radius 2 is 1.89 bits per heavy atom. The molecule has 0 aliphatic heterocycles. The molecule has 0 aliphatic carbocycles. The highest BCUT2D eigenvalue weighted by molar-refractivity contribution is 6.34. The third-order valence-electron chi connectivity index (χ3n) is 2.69. The van der Waals surface area contributed by atoms with Crippen LogP contribution in [0.25, 0.3) is 22.6 Å². The number of hydrogen-bond acceptors (Lipinski definition) is 3. The Morgan fingerprint density at radius 3 is 2.63 bits per heavy atom. The molecule has 3 rings (SSSR count). The van der Waals surface area contributed by atoms with Gasteiger partial charge in [0.2, 0.25) is 5.89 Å². The Bertz CT molecular complexity index is 786. The molecule has 0 saturated heterocycles. The third kappa shape index (κ3) is 1.92. The van der Waals surface area contributed by atoms with Gasteiger partial charge in [0.25, 0.3) is 0 Å². The first-order valence-corrected chi connectivity index (χ1v) is 5.74. The van der Waals surface area contributed by atoms with E-state index in [-0.39, 0.29) is 17.1 Å². The lowest BCUT2D eigenvalue weighted by Gasteiger charge is -2.02. The van der Waals surface area contributed by atoms with E-state index in [0.717, 1.165) is 12.1 Å². The fourth-order valence-electron chi connectivity index (χ4n) is 1.78. The van der Waals surface area contributed by atoms with Crippen molar-refractivity contribution in [3.05, 3.63) is 47.0 Å². The summed E-state index contributed by atoms with van der Waals surface area (Å²) in [6.45, 7) is 0. The molecular weight excluding hydrogens is 274 g/mol. The van der Waals surface area contributed by atoms with Crippen molar-refractivity contribution in [2.24, 2.45) is 0 Å². The van der Waals surface area contributed by atoms with Crippen molar-refractivity contribution in [2.75, 3.05) is 5.73 Å². The molecule has 0 spiro atoms. The second-order valence-electron chi connectivity index (χ2n) is 3.96. The maximum atomic E-state index is 13.3. The number of fused-ring (bicyclic) bond motifs is 1. The summed E-state index contributed by atoms with van der Waals surface area (Å²) >= 11 is 5.96. The first kappa shape index (κ1) is 11.9. The number of para-hydroxylation sites is 1. The van der Waals surface area contributed by atoms with E-state index in [2.05, 4.69) is 4.98 Å². The lowest BCUT2D eigenvalue weighted by atomic mass is 10.1. The number of hydrogen-bond donors (Lipinski definition) is 1. The van der Waals surface area contributed by atoms with Crippen LogP contribution in [0.3, 0.4) is 0 Å².